The highest BCUT2D eigenvalue weighted by atomic mass is 35.5. The molecule has 7 heteroatoms. The number of benzene rings is 1. The monoisotopic (exact) mass is 352 g/mol. The molecule has 2 aliphatic rings. The molecule has 2 heterocycles. The Labute approximate surface area is 146 Å². The van der Waals surface area contributed by atoms with Gasteiger partial charge in [-0.15, -0.1) is 0 Å². The zero-order chi connectivity index (χ0) is 17.4. The van der Waals surface area contributed by atoms with E-state index in [9.17, 15) is 9.59 Å². The molecule has 24 heavy (non-hydrogen) atoms. The number of hydrogen-bond donors (Lipinski definition) is 0. The highest BCUT2D eigenvalue weighted by Crippen LogP contribution is 2.35. The van der Waals surface area contributed by atoms with Gasteiger partial charge in [-0.1, -0.05) is 11.6 Å². The van der Waals surface area contributed by atoms with Crippen molar-refractivity contribution in [3.8, 4) is 5.75 Å². The van der Waals surface area contributed by atoms with Crippen LogP contribution in [0.2, 0.25) is 5.02 Å². The van der Waals surface area contributed by atoms with Gasteiger partial charge in [0.15, 0.2) is 0 Å². The van der Waals surface area contributed by atoms with Crippen LogP contribution in [0.15, 0.2) is 18.2 Å². The standard InChI is InChI=1S/C17H21ClN2O4/c1-10-8-19(9-11(2)24-10)14-7-16(21)20(17(14)22)13-6-12(18)4-5-15(13)23-3/h4-6,10-11,14H,7-9H2,1-3H3/t10-,11+,14-/m0/s1. The minimum Gasteiger partial charge on any atom is -0.495 e. The highest BCUT2D eigenvalue weighted by molar-refractivity contribution is 6.31. The van der Waals surface area contributed by atoms with Gasteiger partial charge in [-0.3, -0.25) is 14.5 Å². The normalized spacial score (nSPS) is 28.5. The molecule has 2 amide bonds. The molecule has 0 radical (unpaired) electrons. The lowest BCUT2D eigenvalue weighted by Gasteiger charge is -2.37. The quantitative estimate of drug-likeness (QED) is 0.780. The van der Waals surface area contributed by atoms with Gasteiger partial charge in [-0.25, -0.2) is 4.90 Å². The van der Waals surface area contributed by atoms with Crippen molar-refractivity contribution in [1.29, 1.82) is 0 Å². The first-order valence-corrected chi connectivity index (χ1v) is 8.38. The number of rotatable bonds is 3. The molecule has 2 saturated heterocycles. The van der Waals surface area contributed by atoms with Crippen LogP contribution in [0.3, 0.4) is 0 Å². The second-order valence-electron chi connectivity index (χ2n) is 6.31. The van der Waals surface area contributed by atoms with E-state index in [0.717, 1.165) is 0 Å². The van der Waals surface area contributed by atoms with Gasteiger partial charge >= 0.3 is 0 Å². The van der Waals surface area contributed by atoms with Crippen molar-refractivity contribution < 1.29 is 19.1 Å². The van der Waals surface area contributed by atoms with E-state index in [2.05, 4.69) is 0 Å². The molecule has 0 unspecified atom stereocenters. The summed E-state index contributed by atoms with van der Waals surface area (Å²) in [5.74, 6) is -0.0234. The van der Waals surface area contributed by atoms with Gasteiger partial charge in [0.25, 0.3) is 5.91 Å². The van der Waals surface area contributed by atoms with E-state index < -0.39 is 6.04 Å². The smallest absolute Gasteiger partial charge is 0.251 e. The fourth-order valence-corrected chi connectivity index (χ4v) is 3.63. The summed E-state index contributed by atoms with van der Waals surface area (Å²) in [5.41, 5.74) is 0.400. The van der Waals surface area contributed by atoms with Crippen LogP contribution in [0.4, 0.5) is 5.69 Å². The van der Waals surface area contributed by atoms with Crippen molar-refractivity contribution in [2.24, 2.45) is 0 Å². The number of nitrogens with zero attached hydrogens (tertiary/aromatic N) is 2. The van der Waals surface area contributed by atoms with Gasteiger partial charge in [-0.05, 0) is 32.0 Å². The van der Waals surface area contributed by atoms with Gasteiger partial charge in [-0.2, -0.15) is 0 Å². The number of morpholine rings is 1. The summed E-state index contributed by atoms with van der Waals surface area (Å²) in [5, 5.41) is 0.448. The SMILES string of the molecule is COc1ccc(Cl)cc1N1C(=O)C[C@H](N2C[C@@H](C)O[C@@H](C)C2)C1=O. The highest BCUT2D eigenvalue weighted by Gasteiger charge is 2.45. The van der Waals surface area contributed by atoms with E-state index in [0.29, 0.717) is 29.5 Å². The van der Waals surface area contributed by atoms with Crippen molar-refractivity contribution in [3.63, 3.8) is 0 Å². The summed E-state index contributed by atoms with van der Waals surface area (Å²) in [6.07, 6.45) is 0.228. The number of carbonyl (C=O) groups is 2. The van der Waals surface area contributed by atoms with Gasteiger partial charge < -0.3 is 9.47 Å². The summed E-state index contributed by atoms with van der Waals surface area (Å²) in [6.45, 7) is 5.21. The first-order valence-electron chi connectivity index (χ1n) is 8.00. The van der Waals surface area contributed by atoms with Crippen LogP contribution in [0.1, 0.15) is 20.3 Å². The summed E-state index contributed by atoms with van der Waals surface area (Å²) in [6, 6.07) is 4.45. The van der Waals surface area contributed by atoms with Crippen LogP contribution in [0, 0.1) is 0 Å². The minimum atomic E-state index is -0.463. The number of imide groups is 1. The average molecular weight is 353 g/mol. The molecular weight excluding hydrogens is 332 g/mol. The summed E-state index contributed by atoms with van der Waals surface area (Å²) >= 11 is 6.04. The molecule has 0 bridgehead atoms. The zero-order valence-corrected chi connectivity index (χ0v) is 14.7. The Balaban J connectivity index is 1.88. The molecule has 6 nitrogen and oxygen atoms in total. The van der Waals surface area contributed by atoms with E-state index in [1.54, 1.807) is 18.2 Å². The predicted molar refractivity (Wildman–Crippen MR) is 90.5 cm³/mol. The largest absolute Gasteiger partial charge is 0.495 e. The molecule has 2 aliphatic heterocycles. The Morgan fingerprint density at radius 3 is 2.50 bits per heavy atom. The topological polar surface area (TPSA) is 59.1 Å². The van der Waals surface area contributed by atoms with Gasteiger partial charge in [0, 0.05) is 18.1 Å². The molecule has 0 N–H and O–H groups in total. The Morgan fingerprint density at radius 1 is 1.21 bits per heavy atom. The third kappa shape index (κ3) is 3.14. The third-order valence-corrected chi connectivity index (χ3v) is 4.63. The molecule has 3 atom stereocenters. The van der Waals surface area contributed by atoms with Crippen LogP contribution >= 0.6 is 11.6 Å². The molecule has 2 fully saturated rings. The van der Waals surface area contributed by atoms with E-state index >= 15 is 0 Å². The molecule has 130 valence electrons. The zero-order valence-electron chi connectivity index (χ0n) is 14.0. The van der Waals surface area contributed by atoms with Crippen LogP contribution in [-0.4, -0.2) is 55.2 Å². The van der Waals surface area contributed by atoms with Crippen LogP contribution in [-0.2, 0) is 14.3 Å². The number of carbonyl (C=O) groups excluding carboxylic acids is 2. The number of methoxy groups -OCH3 is 1. The summed E-state index contributed by atoms with van der Waals surface area (Å²) in [7, 11) is 1.50. The number of halogens is 1. The lowest BCUT2D eigenvalue weighted by Crippen LogP contribution is -2.52. The summed E-state index contributed by atoms with van der Waals surface area (Å²) in [4.78, 5) is 28.7. The third-order valence-electron chi connectivity index (χ3n) is 4.39. The lowest BCUT2D eigenvalue weighted by atomic mass is 10.1. The van der Waals surface area contributed by atoms with Crippen LogP contribution in [0.5, 0.6) is 5.75 Å². The molecule has 1 aromatic carbocycles. The first kappa shape index (κ1) is 17.2. The summed E-state index contributed by atoms with van der Waals surface area (Å²) < 4.78 is 11.0. The van der Waals surface area contributed by atoms with Gasteiger partial charge in [0.1, 0.15) is 5.75 Å². The molecule has 0 aliphatic carbocycles. The van der Waals surface area contributed by atoms with Gasteiger partial charge in [0.2, 0.25) is 5.91 Å². The van der Waals surface area contributed by atoms with Crippen molar-refractivity contribution >= 4 is 29.1 Å². The van der Waals surface area contributed by atoms with E-state index in [1.165, 1.54) is 12.0 Å². The number of hydrogen-bond acceptors (Lipinski definition) is 5. The molecule has 1 aromatic rings. The lowest BCUT2D eigenvalue weighted by molar-refractivity contribution is -0.127. The number of anilines is 1. The molecular formula is C17H21ClN2O4. The Hall–Kier alpha value is -1.63. The maximum atomic E-state index is 12.9. The number of amides is 2. The second kappa shape index (κ2) is 6.70. The maximum Gasteiger partial charge on any atom is 0.251 e. The van der Waals surface area contributed by atoms with Crippen LogP contribution in [0.25, 0.3) is 0 Å². The molecule has 0 saturated carbocycles. The average Bonchev–Trinajstić information content (AvgIpc) is 2.81. The van der Waals surface area contributed by atoms with Gasteiger partial charge in [0.05, 0.1) is 37.5 Å². The van der Waals surface area contributed by atoms with E-state index in [4.69, 9.17) is 21.1 Å². The molecule has 3 rings (SSSR count). The van der Waals surface area contributed by atoms with Crippen molar-refractivity contribution in [2.45, 2.75) is 38.5 Å². The number of ether oxygens (including phenoxy) is 2. The van der Waals surface area contributed by atoms with Crippen molar-refractivity contribution in [1.82, 2.24) is 4.90 Å². The molecule has 0 spiro atoms. The Morgan fingerprint density at radius 2 is 1.88 bits per heavy atom. The minimum absolute atomic E-state index is 0.0337. The maximum absolute atomic E-state index is 12.9. The fourth-order valence-electron chi connectivity index (χ4n) is 3.46. The van der Waals surface area contributed by atoms with Crippen molar-refractivity contribution in [2.75, 3.05) is 25.1 Å². The van der Waals surface area contributed by atoms with Crippen molar-refractivity contribution in [3.05, 3.63) is 23.2 Å². The Bertz CT molecular complexity index is 656. The van der Waals surface area contributed by atoms with E-state index in [-0.39, 0.29) is 30.4 Å². The van der Waals surface area contributed by atoms with E-state index in [1.807, 2.05) is 18.7 Å². The second-order valence-corrected chi connectivity index (χ2v) is 6.75. The molecule has 0 aromatic heterocycles. The Kier molecular flexibility index (Phi) is 4.80. The first-order chi connectivity index (χ1) is 11.4. The fraction of sp³-hybridized carbons (Fsp3) is 0.529. The predicted octanol–water partition coefficient (Wildman–Crippen LogP) is 2.09. The van der Waals surface area contributed by atoms with Crippen LogP contribution < -0.4 is 9.64 Å².